The smallest absolute Gasteiger partial charge is 0.138 e. The lowest BCUT2D eigenvalue weighted by Crippen LogP contribution is -2.08. The van der Waals surface area contributed by atoms with Crippen LogP contribution in [0, 0.1) is 6.92 Å². The van der Waals surface area contributed by atoms with Crippen LogP contribution in [0.2, 0.25) is 5.15 Å². The second-order valence-electron chi connectivity index (χ2n) is 5.73. The van der Waals surface area contributed by atoms with Gasteiger partial charge in [-0.3, -0.25) is 4.68 Å². The number of aryl methyl sites for hydroxylation is 2. The number of rotatable bonds is 5. The molecule has 0 fully saturated rings. The number of aliphatic hydroxyl groups excluding tert-OH is 1. The first-order chi connectivity index (χ1) is 11.6. The first kappa shape index (κ1) is 16.6. The molecule has 0 spiro atoms. The van der Waals surface area contributed by atoms with Crippen molar-refractivity contribution in [1.82, 2.24) is 19.7 Å². The molecule has 0 saturated carbocycles. The van der Waals surface area contributed by atoms with E-state index in [0.717, 1.165) is 12.1 Å². The molecule has 2 heterocycles. The highest BCUT2D eigenvalue weighted by atomic mass is 35.5. The fourth-order valence-electron chi connectivity index (χ4n) is 2.68. The van der Waals surface area contributed by atoms with Crippen LogP contribution >= 0.6 is 11.6 Å². The molecule has 0 aliphatic rings. The Bertz CT molecular complexity index is 847. The van der Waals surface area contributed by atoms with Crippen molar-refractivity contribution in [3.63, 3.8) is 0 Å². The summed E-state index contributed by atoms with van der Waals surface area (Å²) in [5, 5.41) is 15.4. The van der Waals surface area contributed by atoms with E-state index in [1.54, 1.807) is 0 Å². The molecule has 24 heavy (non-hydrogen) atoms. The second-order valence-corrected chi connectivity index (χ2v) is 6.09. The van der Waals surface area contributed by atoms with Crippen molar-refractivity contribution in [2.45, 2.75) is 32.9 Å². The Morgan fingerprint density at radius 1 is 1.29 bits per heavy atom. The number of hydrogen-bond donors (Lipinski definition) is 1. The van der Waals surface area contributed by atoms with Crippen LogP contribution in [0.15, 0.2) is 42.9 Å². The van der Waals surface area contributed by atoms with E-state index in [1.807, 2.05) is 16.8 Å². The Kier molecular flexibility index (Phi) is 4.92. The molecular formula is C18H19ClN4O. The number of nitrogens with zero attached hydrogens (tertiary/aromatic N) is 4. The van der Waals surface area contributed by atoms with Gasteiger partial charge in [0.25, 0.3) is 0 Å². The lowest BCUT2D eigenvalue weighted by molar-refractivity contribution is 0.213. The van der Waals surface area contributed by atoms with E-state index in [9.17, 15) is 5.11 Å². The molecule has 3 aromatic rings. The summed E-state index contributed by atoms with van der Waals surface area (Å²) in [5.41, 5.74) is 4.46. The maximum atomic E-state index is 10.6. The number of benzene rings is 1. The highest BCUT2D eigenvalue weighted by Gasteiger charge is 2.19. The normalized spacial score (nSPS) is 12.3. The molecule has 1 unspecified atom stereocenters. The minimum absolute atomic E-state index is 0.240. The van der Waals surface area contributed by atoms with Crippen LogP contribution in [0.5, 0.6) is 0 Å². The molecule has 0 aliphatic carbocycles. The van der Waals surface area contributed by atoms with Crippen molar-refractivity contribution in [3.05, 3.63) is 76.1 Å². The molecule has 0 saturated heterocycles. The van der Waals surface area contributed by atoms with Gasteiger partial charge in [-0.05, 0) is 25.0 Å². The van der Waals surface area contributed by atoms with E-state index >= 15 is 0 Å². The van der Waals surface area contributed by atoms with E-state index in [1.165, 1.54) is 23.7 Å². The number of aromatic nitrogens is 4. The first-order valence-corrected chi connectivity index (χ1v) is 8.22. The minimum atomic E-state index is -0.942. The van der Waals surface area contributed by atoms with E-state index in [4.69, 9.17) is 11.6 Å². The Morgan fingerprint density at radius 2 is 2.12 bits per heavy atom. The van der Waals surface area contributed by atoms with E-state index in [-0.39, 0.29) is 5.15 Å². The highest BCUT2D eigenvalue weighted by molar-refractivity contribution is 6.30. The fraction of sp³-hybridized carbons (Fsp3) is 0.278. The third-order valence-electron chi connectivity index (χ3n) is 3.92. The van der Waals surface area contributed by atoms with Crippen LogP contribution in [-0.4, -0.2) is 24.9 Å². The molecule has 6 heteroatoms. The van der Waals surface area contributed by atoms with Gasteiger partial charge in [-0.2, -0.15) is 5.10 Å². The van der Waals surface area contributed by atoms with E-state index < -0.39 is 6.10 Å². The van der Waals surface area contributed by atoms with Crippen LogP contribution in [-0.2, 0) is 13.0 Å². The summed E-state index contributed by atoms with van der Waals surface area (Å²) in [5.74, 6) is 0. The van der Waals surface area contributed by atoms with Crippen LogP contribution in [0.3, 0.4) is 0 Å². The van der Waals surface area contributed by atoms with Crippen LogP contribution in [0.4, 0.5) is 0 Å². The summed E-state index contributed by atoms with van der Waals surface area (Å²) < 4.78 is 1.92. The molecule has 0 aliphatic heterocycles. The zero-order chi connectivity index (χ0) is 17.1. The van der Waals surface area contributed by atoms with Gasteiger partial charge in [-0.1, -0.05) is 48.4 Å². The largest absolute Gasteiger partial charge is 0.382 e. The summed E-state index contributed by atoms with van der Waals surface area (Å²) in [6.07, 6.45) is 2.75. The van der Waals surface area contributed by atoms with Gasteiger partial charge in [0.15, 0.2) is 0 Å². The summed E-state index contributed by atoms with van der Waals surface area (Å²) in [6.45, 7) is 4.80. The molecule has 1 atom stereocenters. The lowest BCUT2D eigenvalue weighted by Gasteiger charge is -2.09. The number of halogens is 1. The maximum absolute atomic E-state index is 10.6. The molecule has 124 valence electrons. The molecule has 2 aromatic heterocycles. The average molecular weight is 343 g/mol. The third kappa shape index (κ3) is 3.47. The van der Waals surface area contributed by atoms with Crippen LogP contribution in [0.25, 0.3) is 0 Å². The van der Waals surface area contributed by atoms with Gasteiger partial charge in [-0.25, -0.2) is 9.97 Å². The third-order valence-corrected chi connectivity index (χ3v) is 4.24. The van der Waals surface area contributed by atoms with Gasteiger partial charge in [0.2, 0.25) is 0 Å². The molecule has 1 aromatic carbocycles. The molecular weight excluding hydrogens is 324 g/mol. The number of aliphatic hydroxyl groups is 1. The summed E-state index contributed by atoms with van der Waals surface area (Å²) in [7, 11) is 0. The summed E-state index contributed by atoms with van der Waals surface area (Å²) in [4.78, 5) is 7.84. The highest BCUT2D eigenvalue weighted by Crippen LogP contribution is 2.26. The molecule has 0 bridgehead atoms. The van der Waals surface area contributed by atoms with Crippen LogP contribution in [0.1, 0.15) is 41.1 Å². The van der Waals surface area contributed by atoms with Crippen molar-refractivity contribution >= 4 is 11.6 Å². The van der Waals surface area contributed by atoms with Gasteiger partial charge < -0.3 is 5.11 Å². The monoisotopic (exact) mass is 342 g/mol. The minimum Gasteiger partial charge on any atom is -0.382 e. The Balaban J connectivity index is 1.91. The fourth-order valence-corrected chi connectivity index (χ4v) is 2.88. The van der Waals surface area contributed by atoms with Gasteiger partial charge in [0, 0.05) is 17.5 Å². The first-order valence-electron chi connectivity index (χ1n) is 7.84. The van der Waals surface area contributed by atoms with Crippen LogP contribution < -0.4 is 0 Å². The quantitative estimate of drug-likeness (QED) is 0.722. The predicted molar refractivity (Wildman–Crippen MR) is 93.0 cm³/mol. The van der Waals surface area contributed by atoms with Gasteiger partial charge in [0.05, 0.1) is 12.2 Å². The number of hydrogen-bond acceptors (Lipinski definition) is 4. The summed E-state index contributed by atoms with van der Waals surface area (Å²) >= 11 is 6.05. The van der Waals surface area contributed by atoms with Gasteiger partial charge >= 0.3 is 0 Å². The standard InChI is InChI=1S/C18H19ClN4O/c1-3-14-8-16(17(24)15-9-20-11-21-18(15)19)22-23(14)10-13-6-4-5-12(2)7-13/h4-9,11,17,24H,3,10H2,1-2H3. The van der Waals surface area contributed by atoms with Gasteiger partial charge in [0.1, 0.15) is 17.6 Å². The zero-order valence-electron chi connectivity index (χ0n) is 13.6. The maximum Gasteiger partial charge on any atom is 0.138 e. The van der Waals surface area contributed by atoms with Crippen molar-refractivity contribution in [1.29, 1.82) is 0 Å². The SMILES string of the molecule is CCc1cc(C(O)c2cncnc2Cl)nn1Cc1cccc(C)c1. The lowest BCUT2D eigenvalue weighted by atomic mass is 10.1. The van der Waals surface area contributed by atoms with Gasteiger partial charge in [-0.15, -0.1) is 0 Å². The molecule has 0 radical (unpaired) electrons. The van der Waals surface area contributed by atoms with Crippen molar-refractivity contribution < 1.29 is 5.11 Å². The molecule has 5 nitrogen and oxygen atoms in total. The Labute approximate surface area is 146 Å². The topological polar surface area (TPSA) is 63.8 Å². The average Bonchev–Trinajstić information content (AvgIpc) is 2.97. The Hall–Kier alpha value is -2.24. The molecule has 0 amide bonds. The molecule has 1 N–H and O–H groups in total. The predicted octanol–water partition coefficient (Wildman–Crippen LogP) is 3.33. The zero-order valence-corrected chi connectivity index (χ0v) is 14.4. The van der Waals surface area contributed by atoms with Crippen molar-refractivity contribution in [2.24, 2.45) is 0 Å². The van der Waals surface area contributed by atoms with Crippen molar-refractivity contribution in [3.8, 4) is 0 Å². The Morgan fingerprint density at radius 3 is 2.83 bits per heavy atom. The van der Waals surface area contributed by atoms with E-state index in [0.29, 0.717) is 17.8 Å². The van der Waals surface area contributed by atoms with E-state index in [2.05, 4.69) is 47.1 Å². The van der Waals surface area contributed by atoms with Crippen molar-refractivity contribution in [2.75, 3.05) is 0 Å². The molecule has 3 rings (SSSR count). The summed E-state index contributed by atoms with van der Waals surface area (Å²) in [6, 6.07) is 10.2. The second kappa shape index (κ2) is 7.11.